The van der Waals surface area contributed by atoms with Gasteiger partial charge in [-0.25, -0.2) is 0 Å². The Kier molecular flexibility index (Phi) is 7.02. The molecule has 168 valence electrons. The number of halogens is 1. The number of piperidine rings is 1. The molecule has 2 aliphatic heterocycles. The topological polar surface area (TPSA) is 58.2 Å². The van der Waals surface area contributed by atoms with Crippen molar-refractivity contribution >= 4 is 17.5 Å². The van der Waals surface area contributed by atoms with Gasteiger partial charge in [0, 0.05) is 30.7 Å². The minimum atomic E-state index is 0.0573. The van der Waals surface area contributed by atoms with E-state index in [0.29, 0.717) is 18.3 Å². The molecule has 6 heteroatoms. The third-order valence-electron chi connectivity index (χ3n) is 7.28. The Labute approximate surface area is 190 Å². The number of hydrogen-bond donors (Lipinski definition) is 1. The van der Waals surface area contributed by atoms with E-state index in [1.807, 2.05) is 30.6 Å². The Morgan fingerprint density at radius 2 is 2.10 bits per heavy atom. The fraction of sp³-hybridized carbons (Fsp3) is 0.600. The molecule has 1 N–H and O–H groups in total. The highest BCUT2D eigenvalue weighted by atomic mass is 35.5. The van der Waals surface area contributed by atoms with Crippen LogP contribution >= 0.6 is 11.6 Å². The first kappa shape index (κ1) is 22.3. The molecule has 0 saturated carbocycles. The lowest BCUT2D eigenvalue weighted by atomic mass is 9.66. The molecule has 2 atom stereocenters. The summed E-state index contributed by atoms with van der Waals surface area (Å²) < 4.78 is 6.52. The van der Waals surface area contributed by atoms with Crippen LogP contribution in [0.4, 0.5) is 0 Å². The zero-order valence-corrected chi connectivity index (χ0v) is 19.4. The monoisotopic (exact) mass is 443 g/mol. The van der Waals surface area contributed by atoms with Crippen molar-refractivity contribution in [3.05, 3.63) is 52.8 Å². The van der Waals surface area contributed by atoms with Crippen molar-refractivity contribution in [2.24, 2.45) is 17.3 Å². The summed E-state index contributed by atoms with van der Waals surface area (Å²) in [7, 11) is 0. The van der Waals surface area contributed by atoms with Gasteiger partial charge in [0.25, 0.3) is 0 Å². The zero-order valence-electron chi connectivity index (χ0n) is 18.6. The number of amides is 1. The second-order valence-corrected chi connectivity index (χ2v) is 10.1. The maximum Gasteiger partial charge on any atom is 0.222 e. The van der Waals surface area contributed by atoms with Gasteiger partial charge in [-0.2, -0.15) is 5.10 Å². The molecule has 1 aromatic heterocycles. The fourth-order valence-electron chi connectivity index (χ4n) is 5.26. The third-order valence-corrected chi connectivity index (χ3v) is 7.63. The molecule has 5 nitrogen and oxygen atoms in total. The van der Waals surface area contributed by atoms with E-state index in [2.05, 4.69) is 35.0 Å². The Balaban J connectivity index is 1.33. The predicted octanol–water partition coefficient (Wildman–Crippen LogP) is 5.43. The van der Waals surface area contributed by atoms with E-state index in [4.69, 9.17) is 16.3 Å². The van der Waals surface area contributed by atoms with Gasteiger partial charge in [-0.15, -0.1) is 0 Å². The maximum atomic E-state index is 12.7. The third kappa shape index (κ3) is 5.15. The highest BCUT2D eigenvalue weighted by Gasteiger charge is 2.45. The Morgan fingerprint density at radius 1 is 1.32 bits per heavy atom. The van der Waals surface area contributed by atoms with Gasteiger partial charge in [-0.1, -0.05) is 43.6 Å². The molecule has 2 saturated heterocycles. The van der Waals surface area contributed by atoms with Crippen molar-refractivity contribution in [1.29, 1.82) is 0 Å². The van der Waals surface area contributed by atoms with Crippen molar-refractivity contribution in [3.8, 4) is 0 Å². The molecule has 31 heavy (non-hydrogen) atoms. The molecule has 0 aliphatic carbocycles. The molecule has 0 unspecified atom stereocenters. The number of aromatic amines is 1. The molecule has 4 rings (SSSR count). The van der Waals surface area contributed by atoms with Gasteiger partial charge in [-0.05, 0) is 66.5 Å². The highest BCUT2D eigenvalue weighted by Crippen LogP contribution is 2.50. The second kappa shape index (κ2) is 9.74. The van der Waals surface area contributed by atoms with Crippen molar-refractivity contribution < 1.29 is 9.53 Å². The van der Waals surface area contributed by atoms with Crippen LogP contribution in [0.5, 0.6) is 0 Å². The summed E-state index contributed by atoms with van der Waals surface area (Å²) in [6.07, 6.45) is 9.37. The predicted molar refractivity (Wildman–Crippen MR) is 123 cm³/mol. The van der Waals surface area contributed by atoms with Crippen LogP contribution in [0, 0.1) is 17.3 Å². The summed E-state index contributed by atoms with van der Waals surface area (Å²) in [6, 6.07) is 8.08. The fourth-order valence-corrected chi connectivity index (χ4v) is 5.51. The summed E-state index contributed by atoms with van der Waals surface area (Å²) in [5, 5.41) is 7.59. The number of hydrogen-bond acceptors (Lipinski definition) is 3. The van der Waals surface area contributed by atoms with Gasteiger partial charge in [0.15, 0.2) is 0 Å². The molecular formula is C25H34ClN3O2. The lowest BCUT2D eigenvalue weighted by Crippen LogP contribution is -2.49. The van der Waals surface area contributed by atoms with Crippen LogP contribution in [0.15, 0.2) is 36.7 Å². The van der Waals surface area contributed by atoms with Crippen molar-refractivity contribution in [1.82, 2.24) is 15.1 Å². The minimum Gasteiger partial charge on any atom is -0.373 e. The zero-order chi connectivity index (χ0) is 21.8. The number of likely N-dealkylation sites (tertiary alicyclic amines) is 1. The Morgan fingerprint density at radius 3 is 2.77 bits per heavy atom. The largest absolute Gasteiger partial charge is 0.373 e. The number of aryl methyl sites for hydroxylation is 1. The van der Waals surface area contributed by atoms with Crippen LogP contribution in [-0.4, -0.2) is 40.7 Å². The van der Waals surface area contributed by atoms with Crippen LogP contribution < -0.4 is 0 Å². The van der Waals surface area contributed by atoms with Crippen LogP contribution in [0.3, 0.4) is 0 Å². The Hall–Kier alpha value is -1.85. The number of nitrogens with zero attached hydrogens (tertiary/aromatic N) is 2. The van der Waals surface area contributed by atoms with Crippen molar-refractivity contribution in [3.63, 3.8) is 0 Å². The molecule has 1 amide bonds. The number of nitrogens with one attached hydrogen (secondary N) is 1. The number of carbonyl (C=O) groups excluding carboxylic acids is 1. The molecule has 0 bridgehead atoms. The van der Waals surface area contributed by atoms with Gasteiger partial charge in [0.1, 0.15) is 0 Å². The molecule has 0 radical (unpaired) electrons. The number of carbonyl (C=O) groups is 1. The molecule has 2 aliphatic rings. The molecular weight excluding hydrogens is 410 g/mol. The van der Waals surface area contributed by atoms with E-state index in [1.165, 1.54) is 0 Å². The van der Waals surface area contributed by atoms with Gasteiger partial charge >= 0.3 is 0 Å². The second-order valence-electron chi connectivity index (χ2n) is 9.71. The summed E-state index contributed by atoms with van der Waals surface area (Å²) in [5.41, 5.74) is 2.46. The molecule has 2 aromatic rings. The average molecular weight is 444 g/mol. The van der Waals surface area contributed by atoms with Crippen LogP contribution in [0.2, 0.25) is 5.02 Å². The molecule has 1 spiro atoms. The summed E-state index contributed by atoms with van der Waals surface area (Å²) in [6.45, 7) is 7.02. The van der Waals surface area contributed by atoms with E-state index < -0.39 is 0 Å². The van der Waals surface area contributed by atoms with E-state index in [1.54, 1.807) is 0 Å². The molecule has 1 aromatic carbocycles. The van der Waals surface area contributed by atoms with E-state index >= 15 is 0 Å². The first-order valence-corrected chi connectivity index (χ1v) is 12.0. The summed E-state index contributed by atoms with van der Waals surface area (Å²) in [4.78, 5) is 14.8. The maximum absolute atomic E-state index is 12.7. The normalized spacial score (nSPS) is 23.4. The van der Waals surface area contributed by atoms with Gasteiger partial charge in [-0.3, -0.25) is 9.89 Å². The minimum absolute atomic E-state index is 0.0573. The molecule has 2 fully saturated rings. The lowest BCUT2D eigenvalue weighted by molar-refractivity contribution is -0.146. The Bertz CT molecular complexity index is 859. The van der Waals surface area contributed by atoms with Gasteiger partial charge in [0.05, 0.1) is 18.9 Å². The number of aromatic nitrogens is 2. The lowest BCUT2D eigenvalue weighted by Gasteiger charge is -2.50. The van der Waals surface area contributed by atoms with E-state index in [9.17, 15) is 4.79 Å². The van der Waals surface area contributed by atoms with Crippen LogP contribution in [-0.2, 0) is 16.0 Å². The van der Waals surface area contributed by atoms with E-state index in [0.717, 1.165) is 68.0 Å². The average Bonchev–Trinajstić information content (AvgIpc) is 3.28. The number of benzene rings is 1. The van der Waals surface area contributed by atoms with Gasteiger partial charge < -0.3 is 9.64 Å². The SMILES string of the molecule is CC(C)[C@H]1CC2(CCN(C(=O)CCCc3cn[nH]c3)CC2)CO[C@@H]1c1ccccc1Cl. The number of rotatable bonds is 6. The van der Waals surface area contributed by atoms with Crippen molar-refractivity contribution in [2.45, 2.75) is 58.5 Å². The quantitative estimate of drug-likeness (QED) is 0.647. The molecule has 3 heterocycles. The van der Waals surface area contributed by atoms with Crippen LogP contribution in [0.1, 0.15) is 63.2 Å². The number of ether oxygens (including phenoxy) is 1. The van der Waals surface area contributed by atoms with Crippen molar-refractivity contribution in [2.75, 3.05) is 19.7 Å². The highest BCUT2D eigenvalue weighted by molar-refractivity contribution is 6.31. The van der Waals surface area contributed by atoms with Crippen LogP contribution in [0.25, 0.3) is 0 Å². The standard InChI is InChI=1S/C25H34ClN3O2/c1-18(2)21-14-25(17-31-24(21)20-7-3-4-8-22(20)26)10-12-29(13-11-25)23(30)9-5-6-19-15-27-28-16-19/h3-4,7-8,15-16,18,21,24H,5-6,9-14,17H2,1-2H3,(H,27,28)/t21-,24-/m1/s1. The van der Waals surface area contributed by atoms with Gasteiger partial charge in [0.2, 0.25) is 5.91 Å². The van der Waals surface area contributed by atoms with E-state index in [-0.39, 0.29) is 17.4 Å². The summed E-state index contributed by atoms with van der Waals surface area (Å²) in [5.74, 6) is 1.23. The number of H-pyrrole nitrogens is 1. The smallest absolute Gasteiger partial charge is 0.222 e. The first-order valence-electron chi connectivity index (χ1n) is 11.6. The first-order chi connectivity index (χ1) is 15.0. The summed E-state index contributed by atoms with van der Waals surface area (Å²) >= 11 is 6.50.